The third-order valence-corrected chi connectivity index (χ3v) is 5.98. The minimum absolute atomic E-state index is 0.541. The Morgan fingerprint density at radius 2 is 2.33 bits per heavy atom. The van der Waals surface area contributed by atoms with Crippen molar-refractivity contribution in [2.24, 2.45) is 5.92 Å². The lowest BCUT2D eigenvalue weighted by Crippen LogP contribution is -2.19. The van der Waals surface area contributed by atoms with Crippen LogP contribution in [-0.4, -0.2) is 51.1 Å². The smallest absolute Gasteiger partial charge is 0.160 e. The van der Waals surface area contributed by atoms with Gasteiger partial charge in [-0.05, 0) is 56.0 Å². The molecule has 4 heterocycles. The monoisotopic (exact) mass is 302 g/mol. The number of hydrogen-bond donors (Lipinski definition) is 0. The number of aromatic nitrogens is 3. The zero-order chi connectivity index (χ0) is 14.2. The maximum atomic E-state index is 4.92. The molecule has 5 heteroatoms. The molecule has 2 aromatic heterocycles. The van der Waals surface area contributed by atoms with Crippen LogP contribution in [0.4, 0.5) is 0 Å². The molecule has 2 atom stereocenters. The highest BCUT2D eigenvalue weighted by atomic mass is 32.2. The van der Waals surface area contributed by atoms with Crippen LogP contribution in [0.15, 0.2) is 18.3 Å². The zero-order valence-corrected chi connectivity index (χ0v) is 13.4. The van der Waals surface area contributed by atoms with E-state index in [4.69, 9.17) is 4.98 Å². The van der Waals surface area contributed by atoms with Crippen LogP contribution in [-0.2, 0) is 6.42 Å². The van der Waals surface area contributed by atoms with Gasteiger partial charge in [-0.2, -0.15) is 11.8 Å². The summed E-state index contributed by atoms with van der Waals surface area (Å²) < 4.78 is 2.45. The molecule has 0 amide bonds. The van der Waals surface area contributed by atoms with Gasteiger partial charge in [0.2, 0.25) is 0 Å². The Bertz CT molecular complexity index is 632. The molecule has 21 heavy (non-hydrogen) atoms. The average Bonchev–Trinajstić information content (AvgIpc) is 3.18. The molecule has 2 aliphatic heterocycles. The Morgan fingerprint density at radius 3 is 3.10 bits per heavy atom. The van der Waals surface area contributed by atoms with Gasteiger partial charge in [-0.15, -0.1) is 0 Å². The number of likely N-dealkylation sites (tertiary alicyclic amines) is 1. The van der Waals surface area contributed by atoms with Crippen molar-refractivity contribution in [3.05, 3.63) is 24.2 Å². The summed E-state index contributed by atoms with van der Waals surface area (Å²) in [6.07, 6.45) is 5.56. The molecule has 0 spiro atoms. The van der Waals surface area contributed by atoms with Crippen LogP contribution >= 0.6 is 11.8 Å². The lowest BCUT2D eigenvalue weighted by Gasteiger charge is -2.17. The van der Waals surface area contributed by atoms with Gasteiger partial charge in [-0.1, -0.05) is 0 Å². The van der Waals surface area contributed by atoms with Crippen LogP contribution in [0.5, 0.6) is 0 Å². The molecule has 0 radical (unpaired) electrons. The highest BCUT2D eigenvalue weighted by Gasteiger charge is 2.27. The van der Waals surface area contributed by atoms with Crippen LogP contribution < -0.4 is 0 Å². The van der Waals surface area contributed by atoms with Crippen molar-refractivity contribution < 1.29 is 0 Å². The van der Waals surface area contributed by atoms with Gasteiger partial charge < -0.3 is 9.47 Å². The minimum Gasteiger partial charge on any atom is -0.308 e. The number of hydrogen-bond acceptors (Lipinski definition) is 4. The topological polar surface area (TPSA) is 34.0 Å². The van der Waals surface area contributed by atoms with Crippen molar-refractivity contribution in [1.82, 2.24) is 19.4 Å². The third-order valence-electron chi connectivity index (χ3n) is 4.75. The summed E-state index contributed by atoms with van der Waals surface area (Å²) in [7, 11) is 2.21. The van der Waals surface area contributed by atoms with E-state index < -0.39 is 0 Å². The van der Waals surface area contributed by atoms with Crippen molar-refractivity contribution in [2.45, 2.75) is 25.3 Å². The Morgan fingerprint density at radius 1 is 1.38 bits per heavy atom. The number of fused-ring (bicyclic) bond motifs is 1. The van der Waals surface area contributed by atoms with Gasteiger partial charge in [-0.25, -0.2) is 9.97 Å². The number of pyridine rings is 1. The first kappa shape index (κ1) is 13.6. The highest BCUT2D eigenvalue weighted by Crippen LogP contribution is 2.31. The molecular formula is C16H22N4S. The Balaban J connectivity index is 1.73. The SMILES string of the molecule is CN1CCC(n2c(CC3CCSC3)nc3cccnc32)C1. The first-order chi connectivity index (χ1) is 10.3. The van der Waals surface area contributed by atoms with E-state index in [1.165, 1.54) is 36.7 Å². The van der Waals surface area contributed by atoms with Crippen molar-refractivity contribution in [3.8, 4) is 0 Å². The fraction of sp³-hybridized carbons (Fsp3) is 0.625. The van der Waals surface area contributed by atoms with Crippen molar-refractivity contribution in [3.63, 3.8) is 0 Å². The van der Waals surface area contributed by atoms with Crippen LogP contribution in [0.3, 0.4) is 0 Å². The molecule has 0 aromatic carbocycles. The first-order valence-corrected chi connectivity index (χ1v) is 9.05. The summed E-state index contributed by atoms with van der Waals surface area (Å²) in [5.74, 6) is 4.66. The maximum absolute atomic E-state index is 4.92. The summed E-state index contributed by atoms with van der Waals surface area (Å²) in [6.45, 7) is 2.30. The number of nitrogens with zero attached hydrogens (tertiary/aromatic N) is 4. The van der Waals surface area contributed by atoms with Crippen LogP contribution in [0.2, 0.25) is 0 Å². The third kappa shape index (κ3) is 2.57. The van der Waals surface area contributed by atoms with E-state index in [0.29, 0.717) is 6.04 Å². The predicted octanol–water partition coefficient (Wildman–Crippen LogP) is 2.60. The molecule has 0 N–H and O–H groups in total. The molecule has 0 bridgehead atoms. The summed E-state index contributed by atoms with van der Waals surface area (Å²) in [6, 6.07) is 4.64. The van der Waals surface area contributed by atoms with E-state index in [0.717, 1.165) is 30.0 Å². The molecule has 2 unspecified atom stereocenters. The second-order valence-electron chi connectivity index (χ2n) is 6.38. The fourth-order valence-corrected chi connectivity index (χ4v) is 4.91. The lowest BCUT2D eigenvalue weighted by atomic mass is 10.0. The normalized spacial score (nSPS) is 26.9. The van der Waals surface area contributed by atoms with Crippen LogP contribution in [0, 0.1) is 5.92 Å². The molecule has 2 saturated heterocycles. The number of imidazole rings is 1. The Labute approximate surface area is 129 Å². The van der Waals surface area contributed by atoms with Crippen molar-refractivity contribution >= 4 is 22.9 Å². The molecular weight excluding hydrogens is 280 g/mol. The molecule has 0 saturated carbocycles. The molecule has 112 valence electrons. The van der Waals surface area contributed by atoms with Crippen molar-refractivity contribution in [1.29, 1.82) is 0 Å². The summed E-state index contributed by atoms with van der Waals surface area (Å²) >= 11 is 2.09. The van der Waals surface area contributed by atoms with Crippen molar-refractivity contribution in [2.75, 3.05) is 31.6 Å². The lowest BCUT2D eigenvalue weighted by molar-refractivity contribution is 0.389. The van der Waals surface area contributed by atoms with E-state index in [1.54, 1.807) is 0 Å². The second-order valence-corrected chi connectivity index (χ2v) is 7.53. The largest absolute Gasteiger partial charge is 0.308 e. The van der Waals surface area contributed by atoms with Gasteiger partial charge in [0.15, 0.2) is 5.65 Å². The summed E-state index contributed by atoms with van der Waals surface area (Å²) in [4.78, 5) is 12.0. The number of thioether (sulfide) groups is 1. The fourth-order valence-electron chi connectivity index (χ4n) is 3.63. The van der Waals surface area contributed by atoms with Crippen LogP contribution in [0.1, 0.15) is 24.7 Å². The van der Waals surface area contributed by atoms with E-state index in [1.807, 2.05) is 12.3 Å². The quantitative estimate of drug-likeness (QED) is 0.873. The Hall–Kier alpha value is -1.07. The highest BCUT2D eigenvalue weighted by molar-refractivity contribution is 7.99. The molecule has 2 aromatic rings. The van der Waals surface area contributed by atoms with Crippen LogP contribution in [0.25, 0.3) is 11.2 Å². The zero-order valence-electron chi connectivity index (χ0n) is 12.5. The predicted molar refractivity (Wildman–Crippen MR) is 87.8 cm³/mol. The first-order valence-electron chi connectivity index (χ1n) is 7.89. The standard InChI is InChI=1S/C16H22N4S/c1-19-7-4-13(10-19)20-15(9-12-5-8-21-11-12)18-14-3-2-6-17-16(14)20/h2-3,6,12-13H,4-5,7-11H2,1H3. The second kappa shape index (κ2) is 5.61. The summed E-state index contributed by atoms with van der Waals surface area (Å²) in [5.41, 5.74) is 2.14. The maximum Gasteiger partial charge on any atom is 0.160 e. The number of rotatable bonds is 3. The van der Waals surface area contributed by atoms with Gasteiger partial charge in [-0.3, -0.25) is 0 Å². The van der Waals surface area contributed by atoms with Gasteiger partial charge in [0.1, 0.15) is 11.3 Å². The van der Waals surface area contributed by atoms with E-state index >= 15 is 0 Å². The molecule has 0 aliphatic carbocycles. The van der Waals surface area contributed by atoms with Gasteiger partial charge in [0.05, 0.1) is 6.04 Å². The van der Waals surface area contributed by atoms with Gasteiger partial charge >= 0.3 is 0 Å². The van der Waals surface area contributed by atoms with E-state index in [9.17, 15) is 0 Å². The van der Waals surface area contributed by atoms with Gasteiger partial charge in [0, 0.05) is 19.2 Å². The Kier molecular flexibility index (Phi) is 3.63. The molecule has 2 fully saturated rings. The molecule has 2 aliphatic rings. The van der Waals surface area contributed by atoms with E-state index in [-0.39, 0.29) is 0 Å². The minimum atomic E-state index is 0.541. The van der Waals surface area contributed by atoms with E-state index in [2.05, 4.69) is 39.3 Å². The molecule has 4 rings (SSSR count). The number of likely N-dealkylation sites (N-methyl/N-ethyl adjacent to an activating group) is 1. The molecule has 4 nitrogen and oxygen atoms in total. The summed E-state index contributed by atoms with van der Waals surface area (Å²) in [5, 5.41) is 0. The van der Waals surface area contributed by atoms with Gasteiger partial charge in [0.25, 0.3) is 0 Å². The average molecular weight is 302 g/mol.